The lowest BCUT2D eigenvalue weighted by Crippen LogP contribution is -2.51. The van der Waals surface area contributed by atoms with Gasteiger partial charge in [0, 0.05) is 112 Å². The van der Waals surface area contributed by atoms with Crippen molar-refractivity contribution in [2.45, 2.75) is 281 Å². The van der Waals surface area contributed by atoms with Gasteiger partial charge in [-0.2, -0.15) is 0 Å². The van der Waals surface area contributed by atoms with Crippen molar-refractivity contribution < 1.29 is 39.2 Å². The van der Waals surface area contributed by atoms with E-state index in [0.29, 0.717) is 60.6 Å². The largest absolute Gasteiger partial charge is 0.377 e. The highest BCUT2D eigenvalue weighted by Gasteiger charge is 2.66. The molecule has 20 rings (SSSR count). The third kappa shape index (κ3) is 14.4. The SMILES string of the molecule is CC#C[C@]1(O)CC[C@H]2[C@@H]3CCC4=CC(=O)CCC4=C3[C@@H](c3ccc(CN4CCC5(CC4)OCCO5)cc3)C[C@@]21C.CC#C[C@]1(O)CC[C@H]2[C@@H]3CCC4=CC(=O)CCC4=C3[C@@H](c3ccc(CN4CCCCC4)cc3)C[C@@]21C.CC#C[C@]1(O)CC[C@H]2[C@@H]3CCC4=CC(=O)CCC4=C3[C@@H](c3ccc(CN4CCc5ccccc5C4)cc3)C[C@@]21C. The number of ketones is 3. The van der Waals surface area contributed by atoms with Crippen molar-refractivity contribution >= 4 is 17.3 Å². The molecular weight excluding hydrogens is 1430 g/mol. The van der Waals surface area contributed by atoms with E-state index in [1.54, 1.807) is 16.7 Å². The van der Waals surface area contributed by atoms with Gasteiger partial charge in [0.2, 0.25) is 0 Å². The number of hydrogen-bond donors (Lipinski definition) is 3. The lowest BCUT2D eigenvalue weighted by Gasteiger charge is -2.53. The summed E-state index contributed by atoms with van der Waals surface area (Å²) in [7, 11) is 0. The van der Waals surface area contributed by atoms with Crippen LogP contribution in [-0.2, 0) is 56.5 Å². The summed E-state index contributed by atoms with van der Waals surface area (Å²) >= 11 is 0. The monoisotopic (exact) mass is 1560 g/mol. The van der Waals surface area contributed by atoms with Crippen molar-refractivity contribution in [1.29, 1.82) is 0 Å². The van der Waals surface area contributed by atoms with Crippen LogP contribution < -0.4 is 0 Å². The van der Waals surface area contributed by atoms with Crippen molar-refractivity contribution in [3.05, 3.63) is 210 Å². The molecule has 0 aromatic heterocycles. The number of carbonyl (C=O) groups is 3. The van der Waals surface area contributed by atoms with Gasteiger partial charge in [0.1, 0.15) is 16.8 Å². The van der Waals surface area contributed by atoms with Crippen LogP contribution in [0.4, 0.5) is 0 Å². The highest BCUT2D eigenvalue weighted by molar-refractivity contribution is 5.94. The molecule has 0 amide bonds. The zero-order valence-electron chi connectivity index (χ0n) is 70.3. The Morgan fingerprint density at radius 2 is 0.741 bits per heavy atom. The lowest BCUT2D eigenvalue weighted by atomic mass is 9.51. The van der Waals surface area contributed by atoms with E-state index in [1.807, 2.05) is 39.0 Å². The maximum atomic E-state index is 12.3. The highest BCUT2D eigenvalue weighted by Crippen LogP contribution is 2.70. The van der Waals surface area contributed by atoms with Crippen molar-refractivity contribution in [3.63, 3.8) is 0 Å². The third-order valence-electron chi connectivity index (χ3n) is 33.1. The molecule has 11 heteroatoms. The lowest BCUT2D eigenvalue weighted by molar-refractivity contribution is -0.185. The fourth-order valence-corrected chi connectivity index (χ4v) is 27.1. The molecule has 1 spiro atoms. The number of benzene rings is 4. The third-order valence-corrected chi connectivity index (χ3v) is 33.1. The molecule has 15 atom stereocenters. The minimum atomic E-state index is -0.933. The summed E-state index contributed by atoms with van der Waals surface area (Å²) < 4.78 is 11.8. The molecule has 4 aromatic rings. The summed E-state index contributed by atoms with van der Waals surface area (Å²) in [6, 6.07) is 37.0. The van der Waals surface area contributed by atoms with Crippen molar-refractivity contribution in [1.82, 2.24) is 14.7 Å². The Morgan fingerprint density at radius 1 is 0.388 bits per heavy atom. The smallest absolute Gasteiger partial charge is 0.170 e. The molecule has 0 radical (unpaired) electrons. The number of likely N-dealkylation sites (tertiary alicyclic amines) is 2. The Bertz CT molecular complexity index is 4900. The van der Waals surface area contributed by atoms with Crippen LogP contribution in [0, 0.1) is 87.3 Å². The molecule has 4 aromatic carbocycles. The van der Waals surface area contributed by atoms with Gasteiger partial charge in [-0.15, -0.1) is 17.8 Å². The molecule has 0 unspecified atom stereocenters. The highest BCUT2D eigenvalue weighted by atomic mass is 16.7. The summed E-state index contributed by atoms with van der Waals surface area (Å²) in [6.45, 7) is 23.5. The number of piperidine rings is 2. The van der Waals surface area contributed by atoms with E-state index in [9.17, 15) is 29.7 Å². The molecule has 608 valence electrons. The van der Waals surface area contributed by atoms with Gasteiger partial charge in [-0.05, 0) is 300 Å². The van der Waals surface area contributed by atoms with Crippen LogP contribution in [0.15, 0.2) is 165 Å². The van der Waals surface area contributed by atoms with Crippen LogP contribution in [-0.4, -0.2) is 116 Å². The topological polar surface area (TPSA) is 140 Å². The van der Waals surface area contributed by atoms with Gasteiger partial charge in [-0.25, -0.2) is 0 Å². The molecule has 16 aliphatic rings. The first-order chi connectivity index (χ1) is 56.1. The van der Waals surface area contributed by atoms with Gasteiger partial charge >= 0.3 is 0 Å². The number of aliphatic hydroxyl groups is 3. The number of hydrogen-bond acceptors (Lipinski definition) is 11. The van der Waals surface area contributed by atoms with Gasteiger partial charge in [0.05, 0.1) is 13.2 Å². The normalized spacial score (nSPS) is 35.5. The zero-order chi connectivity index (χ0) is 79.9. The molecule has 11 nitrogen and oxygen atoms in total. The maximum absolute atomic E-state index is 12.3. The summed E-state index contributed by atoms with van der Waals surface area (Å²) in [5.41, 5.74) is 20.7. The first-order valence-corrected chi connectivity index (χ1v) is 45.3. The Labute approximate surface area is 691 Å². The number of carbonyl (C=O) groups excluding carboxylic acids is 3. The van der Waals surface area contributed by atoms with E-state index >= 15 is 0 Å². The molecular formula is C105H125N3O8. The van der Waals surface area contributed by atoms with Crippen molar-refractivity contribution in [2.75, 3.05) is 45.9 Å². The average molecular weight is 1560 g/mol. The van der Waals surface area contributed by atoms with Gasteiger partial charge in [0.15, 0.2) is 23.1 Å². The quantitative estimate of drug-likeness (QED) is 0.138. The molecule has 9 fully saturated rings. The summed E-state index contributed by atoms with van der Waals surface area (Å²) in [5, 5.41) is 35.7. The van der Waals surface area contributed by atoms with Crippen LogP contribution in [0.3, 0.4) is 0 Å². The molecule has 3 N–H and O–H groups in total. The van der Waals surface area contributed by atoms with Gasteiger partial charge < -0.3 is 24.8 Å². The number of rotatable bonds is 9. The van der Waals surface area contributed by atoms with Crippen LogP contribution in [0.1, 0.15) is 271 Å². The molecule has 4 aliphatic heterocycles. The first-order valence-electron chi connectivity index (χ1n) is 45.3. The van der Waals surface area contributed by atoms with E-state index in [0.717, 1.165) is 194 Å². The molecule has 12 aliphatic carbocycles. The van der Waals surface area contributed by atoms with E-state index < -0.39 is 16.8 Å². The maximum Gasteiger partial charge on any atom is 0.170 e. The molecule has 3 saturated heterocycles. The van der Waals surface area contributed by atoms with Gasteiger partial charge in [-0.1, -0.05) is 159 Å². The number of nitrogens with zero attached hydrogens (tertiary/aromatic N) is 3. The molecule has 6 saturated carbocycles. The Kier molecular flexibility index (Phi) is 22.0. The van der Waals surface area contributed by atoms with Crippen molar-refractivity contribution in [3.8, 4) is 35.5 Å². The zero-order valence-corrected chi connectivity index (χ0v) is 70.3. The van der Waals surface area contributed by atoms with Crippen LogP contribution in [0.2, 0.25) is 0 Å². The minimum Gasteiger partial charge on any atom is -0.377 e. The van der Waals surface area contributed by atoms with E-state index in [4.69, 9.17) is 9.47 Å². The second-order valence-corrected chi connectivity index (χ2v) is 39.0. The number of fused-ring (bicyclic) bond motifs is 13. The average Bonchev–Trinajstić information content (AvgIpc) is 1.50. The van der Waals surface area contributed by atoms with Gasteiger partial charge in [-0.3, -0.25) is 29.1 Å². The Hall–Kier alpha value is -7.31. The summed E-state index contributed by atoms with van der Waals surface area (Å²) in [6.07, 6.45) is 31.8. The second kappa shape index (κ2) is 32.0. The van der Waals surface area contributed by atoms with Crippen LogP contribution in [0.5, 0.6) is 0 Å². The number of ether oxygens (including phenoxy) is 2. The van der Waals surface area contributed by atoms with Crippen molar-refractivity contribution in [2.24, 2.45) is 51.8 Å². The molecule has 4 heterocycles. The standard InChI is InChI=1S/C37H41NO2.C35H43NO4.C33H41NO2/c1-3-18-37(40)19-16-34-32-14-12-28-21-30(39)13-15-31(28)35(32)33(22-36(34,37)2)27-10-8-25(9-11-27)23-38-20-17-26-6-4-5-7-29(26)24-38;1-3-13-34(38)14-12-31-29-10-8-26-21-27(37)9-11-28(26)32(29)30(22-33(31,34)2)25-6-4-24(5-7-25)23-36-17-15-35(16-18-36)39-19-20-40-35;1-3-16-33(36)17-15-30-28-13-11-25-20-26(35)12-14-27(25)31(28)29(21-32(30,33)2)24-9-7-23(8-10-24)22-34-18-5-4-6-19-34/h4-11,21,32-34,40H,12-17,19-20,22-24H2,1-2H3;4-7,21,29-31,38H,8-12,14-20,22-23H2,1-2H3;7-10,20,28-30,36H,4-6,11-15,17-19,21-22H2,1-2H3/t32-,33+,34-,36-,37-;29-,30+,31-,33-,34-;28-,29+,30-,32-,33-/m000/s1. The fraction of sp³-hybridized carbons (Fsp3) is 0.571. The predicted octanol–water partition coefficient (Wildman–Crippen LogP) is 18.9. The summed E-state index contributed by atoms with van der Waals surface area (Å²) in [4.78, 5) is 44.6. The van der Waals surface area contributed by atoms with Crippen LogP contribution >= 0.6 is 0 Å². The minimum absolute atomic E-state index is 0.215. The Morgan fingerprint density at radius 3 is 1.11 bits per heavy atom. The van der Waals surface area contributed by atoms with E-state index in [-0.39, 0.29) is 51.4 Å². The summed E-state index contributed by atoms with van der Waals surface area (Å²) in [5.74, 6) is 23.1. The first kappa shape index (κ1) is 79.8. The Balaban J connectivity index is 0.000000121. The van der Waals surface area contributed by atoms with E-state index in [2.05, 4.69) is 168 Å². The fourth-order valence-electron chi connectivity index (χ4n) is 27.1. The van der Waals surface area contributed by atoms with E-state index in [1.165, 1.54) is 110 Å². The van der Waals surface area contributed by atoms with Gasteiger partial charge in [0.25, 0.3) is 0 Å². The van der Waals surface area contributed by atoms with Crippen LogP contribution in [0.25, 0.3) is 0 Å². The molecule has 116 heavy (non-hydrogen) atoms. The second-order valence-electron chi connectivity index (χ2n) is 39.0. The predicted molar refractivity (Wildman–Crippen MR) is 458 cm³/mol. The number of allylic oxidation sites excluding steroid dienone is 12. The molecule has 0 bridgehead atoms.